The zero-order valence-corrected chi connectivity index (χ0v) is 17.5. The van der Waals surface area contributed by atoms with Crippen LogP contribution >= 0.6 is 0 Å². The molecule has 3 heterocycles. The van der Waals surface area contributed by atoms with Crippen LogP contribution in [0.25, 0.3) is 10.8 Å². The van der Waals surface area contributed by atoms with E-state index in [9.17, 15) is 27.2 Å². The van der Waals surface area contributed by atoms with E-state index in [-0.39, 0.29) is 36.5 Å². The van der Waals surface area contributed by atoms with Crippen molar-refractivity contribution in [3.05, 3.63) is 93.2 Å². The summed E-state index contributed by atoms with van der Waals surface area (Å²) in [6.07, 6.45) is -3.59. The lowest BCUT2D eigenvalue weighted by Crippen LogP contribution is -2.44. The third-order valence-corrected chi connectivity index (χ3v) is 5.80. The number of H-pyrrole nitrogens is 1. The van der Waals surface area contributed by atoms with Gasteiger partial charge in [0.25, 0.3) is 5.56 Å². The number of fused-ring (bicyclic) bond motifs is 2. The fourth-order valence-electron chi connectivity index (χ4n) is 4.10. The lowest BCUT2D eigenvalue weighted by molar-refractivity contribution is -0.141. The number of aromatic nitrogens is 4. The maximum Gasteiger partial charge on any atom is 0.434 e. The second kappa shape index (κ2) is 8.17. The van der Waals surface area contributed by atoms with Gasteiger partial charge in [-0.05, 0) is 23.8 Å². The van der Waals surface area contributed by atoms with Crippen molar-refractivity contribution in [1.29, 1.82) is 0 Å². The summed E-state index contributed by atoms with van der Waals surface area (Å²) in [5.41, 5.74) is -0.403. The molecule has 0 bridgehead atoms. The van der Waals surface area contributed by atoms with E-state index >= 15 is 0 Å². The lowest BCUT2D eigenvalue weighted by atomic mass is 9.96. The van der Waals surface area contributed by atoms with Crippen LogP contribution in [0.15, 0.2) is 53.5 Å². The summed E-state index contributed by atoms with van der Waals surface area (Å²) in [5, 5.41) is 10.5. The minimum atomic E-state index is -4.59. The van der Waals surface area contributed by atoms with E-state index in [1.807, 2.05) is 0 Å². The highest BCUT2D eigenvalue weighted by Gasteiger charge is 2.37. The Balaban J connectivity index is 1.41. The number of hydrogen-bond acceptors (Lipinski definition) is 5. The standard InChI is InChI=1S/C23H17F4N5O2/c24-16-6-5-12(8-17-13-3-1-2-4-14(13)22(34)31-30-17)7-15(16)21(33)18-9-20-29-19(23(25,26)27)10-32(20)11-28-18/h1-7,10,18,28H,8-9,11H2,(H,31,34). The molecule has 5 rings (SSSR count). The normalized spacial score (nSPS) is 15.9. The van der Waals surface area contributed by atoms with Crippen LogP contribution in [0.5, 0.6) is 0 Å². The molecule has 1 aliphatic rings. The van der Waals surface area contributed by atoms with Gasteiger partial charge in [-0.25, -0.2) is 14.5 Å². The first-order valence-electron chi connectivity index (χ1n) is 10.4. The molecule has 0 saturated carbocycles. The third kappa shape index (κ3) is 3.98. The summed E-state index contributed by atoms with van der Waals surface area (Å²) in [7, 11) is 0. The zero-order chi connectivity index (χ0) is 24.0. The first-order chi connectivity index (χ1) is 16.2. The number of nitrogens with one attached hydrogen (secondary N) is 2. The Hall–Kier alpha value is -3.86. The highest BCUT2D eigenvalue weighted by Crippen LogP contribution is 2.29. The molecule has 7 nitrogen and oxygen atoms in total. The van der Waals surface area contributed by atoms with Gasteiger partial charge in [0, 0.05) is 24.4 Å². The molecule has 2 N–H and O–H groups in total. The molecule has 0 fully saturated rings. The van der Waals surface area contributed by atoms with Gasteiger partial charge in [-0.1, -0.05) is 24.3 Å². The molecule has 2 aromatic carbocycles. The second-order valence-corrected chi connectivity index (χ2v) is 8.03. The maximum absolute atomic E-state index is 14.6. The molecule has 1 atom stereocenters. The quantitative estimate of drug-likeness (QED) is 0.352. The van der Waals surface area contributed by atoms with Crippen molar-refractivity contribution in [1.82, 2.24) is 25.1 Å². The lowest BCUT2D eigenvalue weighted by Gasteiger charge is -2.24. The summed E-state index contributed by atoms with van der Waals surface area (Å²) in [5.74, 6) is -1.22. The van der Waals surface area contributed by atoms with Crippen molar-refractivity contribution in [2.75, 3.05) is 0 Å². The SMILES string of the molecule is O=C(c1cc(Cc2n[nH]c(=O)c3ccccc23)ccc1F)C1Cc2nc(C(F)(F)F)cn2CN1. The molecule has 0 amide bonds. The number of carbonyl (C=O) groups is 1. The van der Waals surface area contributed by atoms with Crippen LogP contribution in [0.1, 0.15) is 33.1 Å². The number of rotatable bonds is 4. The van der Waals surface area contributed by atoms with Crippen LogP contribution < -0.4 is 10.9 Å². The van der Waals surface area contributed by atoms with Gasteiger partial charge in [-0.15, -0.1) is 0 Å². The summed E-state index contributed by atoms with van der Waals surface area (Å²) < 4.78 is 54.7. The molecular formula is C23H17F4N5O2. The molecule has 4 aromatic rings. The number of carbonyl (C=O) groups excluding carboxylic acids is 1. The number of aromatic amines is 1. The molecule has 1 aliphatic heterocycles. The third-order valence-electron chi connectivity index (χ3n) is 5.80. The molecule has 1 unspecified atom stereocenters. The summed E-state index contributed by atoms with van der Waals surface area (Å²) in [6.45, 7) is -0.0522. The number of Topliss-reactive ketones (excluding diaryl/α,β-unsaturated/α-hetero) is 1. The van der Waals surface area contributed by atoms with Gasteiger partial charge >= 0.3 is 6.18 Å². The minimum absolute atomic E-state index is 0.0522. The smallest absolute Gasteiger partial charge is 0.321 e. The van der Waals surface area contributed by atoms with Crippen LogP contribution in [-0.2, 0) is 25.7 Å². The van der Waals surface area contributed by atoms with Gasteiger partial charge in [-0.3, -0.25) is 14.9 Å². The maximum atomic E-state index is 14.6. The van der Waals surface area contributed by atoms with Crippen LogP contribution in [0.3, 0.4) is 0 Å². The highest BCUT2D eigenvalue weighted by molar-refractivity contribution is 6.00. The Morgan fingerprint density at radius 1 is 1.15 bits per heavy atom. The number of alkyl halides is 3. The van der Waals surface area contributed by atoms with Gasteiger partial charge in [-0.2, -0.15) is 18.3 Å². The molecule has 34 heavy (non-hydrogen) atoms. The Kier molecular flexibility index (Phi) is 5.28. The van der Waals surface area contributed by atoms with Crippen molar-refractivity contribution in [3.63, 3.8) is 0 Å². The van der Waals surface area contributed by atoms with Crippen molar-refractivity contribution in [2.45, 2.75) is 31.7 Å². The van der Waals surface area contributed by atoms with Crippen molar-refractivity contribution in [2.24, 2.45) is 0 Å². The molecule has 174 valence electrons. The predicted octanol–water partition coefficient (Wildman–Crippen LogP) is 3.22. The van der Waals surface area contributed by atoms with E-state index in [2.05, 4.69) is 20.5 Å². The Bertz CT molecular complexity index is 1470. The van der Waals surface area contributed by atoms with Crippen LogP contribution in [0, 0.1) is 5.82 Å². The van der Waals surface area contributed by atoms with Gasteiger partial charge in [0.05, 0.1) is 29.4 Å². The van der Waals surface area contributed by atoms with E-state index < -0.39 is 29.5 Å². The van der Waals surface area contributed by atoms with Crippen molar-refractivity contribution in [3.8, 4) is 0 Å². The van der Waals surface area contributed by atoms with Gasteiger partial charge < -0.3 is 4.57 Å². The molecule has 0 spiro atoms. The van der Waals surface area contributed by atoms with Gasteiger partial charge in [0.1, 0.15) is 11.6 Å². The first kappa shape index (κ1) is 22.0. The number of nitrogens with zero attached hydrogens (tertiary/aromatic N) is 3. The molecule has 0 radical (unpaired) electrons. The fraction of sp³-hybridized carbons (Fsp3) is 0.217. The molecule has 0 aliphatic carbocycles. The minimum Gasteiger partial charge on any atom is -0.321 e. The largest absolute Gasteiger partial charge is 0.434 e. The van der Waals surface area contributed by atoms with E-state index in [1.54, 1.807) is 24.3 Å². The average Bonchev–Trinajstić information content (AvgIpc) is 3.26. The highest BCUT2D eigenvalue weighted by atomic mass is 19.4. The van der Waals surface area contributed by atoms with Crippen molar-refractivity contribution < 1.29 is 22.4 Å². The fourth-order valence-corrected chi connectivity index (χ4v) is 4.10. The van der Waals surface area contributed by atoms with Gasteiger partial charge in [0.2, 0.25) is 0 Å². The molecule has 0 saturated heterocycles. The number of ketones is 1. The summed E-state index contributed by atoms with van der Waals surface area (Å²) >= 11 is 0. The number of hydrogen-bond donors (Lipinski definition) is 2. The molecule has 2 aromatic heterocycles. The van der Waals surface area contributed by atoms with E-state index in [1.165, 1.54) is 22.8 Å². The molecular weight excluding hydrogens is 454 g/mol. The Morgan fingerprint density at radius 2 is 1.91 bits per heavy atom. The zero-order valence-electron chi connectivity index (χ0n) is 17.5. The summed E-state index contributed by atoms with van der Waals surface area (Å²) in [4.78, 5) is 28.7. The molecule has 11 heteroatoms. The predicted molar refractivity (Wildman–Crippen MR) is 114 cm³/mol. The van der Waals surface area contributed by atoms with E-state index in [4.69, 9.17) is 0 Å². The number of halogens is 4. The topological polar surface area (TPSA) is 92.7 Å². The van der Waals surface area contributed by atoms with Crippen LogP contribution in [-0.4, -0.2) is 31.6 Å². The number of imidazole rings is 1. The monoisotopic (exact) mass is 471 g/mol. The van der Waals surface area contributed by atoms with Crippen LogP contribution in [0.4, 0.5) is 17.6 Å². The van der Waals surface area contributed by atoms with Crippen molar-refractivity contribution >= 4 is 16.6 Å². The van der Waals surface area contributed by atoms with E-state index in [0.717, 1.165) is 6.20 Å². The Labute approximate surface area is 189 Å². The Morgan fingerprint density at radius 3 is 2.68 bits per heavy atom. The number of benzene rings is 2. The second-order valence-electron chi connectivity index (χ2n) is 8.03. The average molecular weight is 471 g/mol. The summed E-state index contributed by atoms with van der Waals surface area (Å²) in [6, 6.07) is 10.1. The van der Waals surface area contributed by atoms with E-state index in [0.29, 0.717) is 22.0 Å². The van der Waals surface area contributed by atoms with Gasteiger partial charge in [0.15, 0.2) is 11.5 Å². The first-order valence-corrected chi connectivity index (χ1v) is 10.4. The van der Waals surface area contributed by atoms with Crippen LogP contribution in [0.2, 0.25) is 0 Å².